The normalized spacial score (nSPS) is 10.1. The summed E-state index contributed by atoms with van der Waals surface area (Å²) in [6.45, 7) is 0. The largest absolute Gasteiger partial charge is 0.457 e. The molecule has 18 heavy (non-hydrogen) atoms. The third-order valence-corrected chi connectivity index (χ3v) is 2.15. The van der Waals surface area contributed by atoms with Gasteiger partial charge in [0.15, 0.2) is 18.1 Å². The van der Waals surface area contributed by atoms with E-state index < -0.39 is 11.0 Å². The number of nitrogens with zero attached hydrogens (tertiary/aromatic N) is 4. The van der Waals surface area contributed by atoms with Crippen molar-refractivity contribution in [1.29, 1.82) is 0 Å². The Kier molecular flexibility index (Phi) is 2.98. The predicted molar refractivity (Wildman–Crippen MR) is 56.1 cm³/mol. The summed E-state index contributed by atoms with van der Waals surface area (Å²) < 4.78 is 2.11. The predicted octanol–water partition coefficient (Wildman–Crippen LogP) is 0.0149. The molecule has 0 saturated carbocycles. The molecule has 0 atom stereocenters. The fraction of sp³-hybridized carbons (Fsp3) is 0. The Morgan fingerprint density at radius 3 is 3.00 bits per heavy atom. The Labute approximate surface area is 100.0 Å². The fourth-order valence-corrected chi connectivity index (χ4v) is 1.34. The number of carbonyl (C=O) groups excluding carboxylic acids is 1. The molecule has 2 aromatic rings. The Balaban J connectivity index is 2.37. The van der Waals surface area contributed by atoms with Gasteiger partial charge in [0, 0.05) is 6.07 Å². The zero-order chi connectivity index (χ0) is 13.1. The van der Waals surface area contributed by atoms with Gasteiger partial charge in [-0.2, -0.15) is 5.48 Å². The van der Waals surface area contributed by atoms with Gasteiger partial charge < -0.3 is 0 Å². The first-order valence-corrected chi connectivity index (χ1v) is 4.78. The first kappa shape index (κ1) is 11.7. The second-order valence-electron chi connectivity index (χ2n) is 3.27. The lowest BCUT2D eigenvalue weighted by molar-refractivity contribution is -0.660. The molecule has 0 spiro atoms. The van der Waals surface area contributed by atoms with E-state index >= 15 is 0 Å². The molecule has 9 nitrogen and oxygen atoms in total. The van der Waals surface area contributed by atoms with Crippen LogP contribution >= 0.6 is 0 Å². The molecule has 0 aliphatic heterocycles. The van der Waals surface area contributed by atoms with Crippen LogP contribution in [-0.2, 0) is 0 Å². The SMILES string of the molecule is O=C(NO)n1cc[n+](-c2cccc([N+](=O)[O-])c2)n1. The standard InChI is InChI=1S/C9H7N5O4/c15-9(10-16)13-5-4-12(11-13)7-2-1-3-8(6-7)14(17)18/h1-6H,(H-,10,11,15,16)/p+1. The molecule has 1 aromatic carbocycles. The van der Waals surface area contributed by atoms with Crippen molar-refractivity contribution >= 4 is 11.7 Å². The molecule has 0 bridgehead atoms. The molecule has 0 saturated heterocycles. The molecule has 1 heterocycles. The van der Waals surface area contributed by atoms with Crippen molar-refractivity contribution in [3.8, 4) is 5.69 Å². The number of hydrogen-bond acceptors (Lipinski definition) is 5. The first-order valence-electron chi connectivity index (χ1n) is 4.78. The molecule has 1 aromatic heterocycles. The number of aromatic nitrogens is 3. The number of benzene rings is 1. The average Bonchev–Trinajstić information content (AvgIpc) is 2.87. The van der Waals surface area contributed by atoms with Crippen molar-refractivity contribution < 1.29 is 19.6 Å². The van der Waals surface area contributed by atoms with Crippen molar-refractivity contribution in [2.24, 2.45) is 0 Å². The minimum absolute atomic E-state index is 0.0823. The molecule has 1 amide bonds. The van der Waals surface area contributed by atoms with Crippen LogP contribution < -0.4 is 10.2 Å². The van der Waals surface area contributed by atoms with Crippen LogP contribution in [0.15, 0.2) is 36.7 Å². The molecule has 0 radical (unpaired) electrons. The van der Waals surface area contributed by atoms with Crippen LogP contribution in [0, 0.1) is 10.1 Å². The summed E-state index contributed by atoms with van der Waals surface area (Å²) in [5, 5.41) is 22.8. The van der Waals surface area contributed by atoms with Crippen molar-refractivity contribution in [3.63, 3.8) is 0 Å². The van der Waals surface area contributed by atoms with Gasteiger partial charge in [-0.25, -0.2) is 4.79 Å². The molecule has 9 heteroatoms. The van der Waals surface area contributed by atoms with Gasteiger partial charge >= 0.3 is 6.03 Å². The number of amides is 1. The summed E-state index contributed by atoms with van der Waals surface area (Å²) in [4.78, 5) is 21.1. The lowest BCUT2D eigenvalue weighted by atomic mass is 10.3. The lowest BCUT2D eigenvalue weighted by Gasteiger charge is -1.93. The summed E-state index contributed by atoms with van der Waals surface area (Å²) in [6.07, 6.45) is 2.72. The second-order valence-corrected chi connectivity index (χ2v) is 3.27. The Bertz CT molecular complexity index is 609. The minimum atomic E-state index is -0.834. The van der Waals surface area contributed by atoms with E-state index in [0.717, 1.165) is 4.68 Å². The number of nitrogens with one attached hydrogen (secondary N) is 1. The third kappa shape index (κ3) is 2.15. The number of hydrogen-bond donors (Lipinski definition) is 2. The van der Waals surface area contributed by atoms with Gasteiger partial charge in [0.25, 0.3) is 5.69 Å². The van der Waals surface area contributed by atoms with Crippen molar-refractivity contribution in [2.75, 3.05) is 0 Å². The van der Waals surface area contributed by atoms with Crippen LogP contribution in [0.2, 0.25) is 0 Å². The second kappa shape index (κ2) is 4.59. The maximum atomic E-state index is 11.1. The number of non-ortho nitro benzene ring substituents is 1. The molecule has 0 aliphatic rings. The lowest BCUT2D eigenvalue weighted by Crippen LogP contribution is -2.36. The topological polar surface area (TPSA) is 114 Å². The van der Waals surface area contributed by atoms with Crippen LogP contribution in [0.4, 0.5) is 10.5 Å². The van der Waals surface area contributed by atoms with E-state index in [1.54, 1.807) is 6.07 Å². The number of nitro groups is 1. The van der Waals surface area contributed by atoms with Gasteiger partial charge in [0.05, 0.1) is 11.0 Å². The van der Waals surface area contributed by atoms with Crippen LogP contribution in [0.25, 0.3) is 5.69 Å². The molecule has 0 unspecified atom stereocenters. The highest BCUT2D eigenvalue weighted by Crippen LogP contribution is 2.12. The van der Waals surface area contributed by atoms with Crippen molar-refractivity contribution in [3.05, 3.63) is 46.8 Å². The van der Waals surface area contributed by atoms with Gasteiger partial charge in [-0.05, 0) is 10.7 Å². The number of rotatable bonds is 2. The highest BCUT2D eigenvalue weighted by Gasteiger charge is 2.16. The van der Waals surface area contributed by atoms with Crippen molar-refractivity contribution in [1.82, 2.24) is 15.4 Å². The first-order chi connectivity index (χ1) is 8.61. The van der Waals surface area contributed by atoms with E-state index in [4.69, 9.17) is 5.21 Å². The Morgan fingerprint density at radius 1 is 1.56 bits per heavy atom. The highest BCUT2D eigenvalue weighted by molar-refractivity contribution is 5.73. The van der Waals surface area contributed by atoms with E-state index in [-0.39, 0.29) is 5.69 Å². The zero-order valence-electron chi connectivity index (χ0n) is 8.92. The summed E-state index contributed by atoms with van der Waals surface area (Å²) >= 11 is 0. The minimum Gasteiger partial charge on any atom is -0.285 e. The number of nitro benzene ring substituents is 1. The van der Waals surface area contributed by atoms with E-state index in [1.165, 1.54) is 40.8 Å². The monoisotopic (exact) mass is 250 g/mol. The van der Waals surface area contributed by atoms with Crippen LogP contribution in [0.3, 0.4) is 0 Å². The van der Waals surface area contributed by atoms with E-state index in [9.17, 15) is 14.9 Å². The molecule has 92 valence electrons. The van der Waals surface area contributed by atoms with E-state index in [2.05, 4.69) is 5.21 Å². The molecule has 0 aliphatic carbocycles. The fourth-order valence-electron chi connectivity index (χ4n) is 1.34. The summed E-state index contributed by atoms with van der Waals surface area (Å²) in [5.41, 5.74) is 1.76. The molecular weight excluding hydrogens is 242 g/mol. The van der Waals surface area contributed by atoms with Gasteiger partial charge in [0.2, 0.25) is 0 Å². The smallest absolute Gasteiger partial charge is 0.285 e. The summed E-state index contributed by atoms with van der Waals surface area (Å²) in [7, 11) is 0. The Morgan fingerprint density at radius 2 is 2.33 bits per heavy atom. The molecule has 2 rings (SSSR count). The maximum absolute atomic E-state index is 11.1. The van der Waals surface area contributed by atoms with Gasteiger partial charge in [-0.1, -0.05) is 6.07 Å². The van der Waals surface area contributed by atoms with Crippen LogP contribution in [-0.4, -0.2) is 26.1 Å². The highest BCUT2D eigenvalue weighted by atomic mass is 16.6. The van der Waals surface area contributed by atoms with E-state index in [1.807, 2.05) is 0 Å². The third-order valence-electron chi connectivity index (χ3n) is 2.15. The molecule has 2 N–H and O–H groups in total. The van der Waals surface area contributed by atoms with Gasteiger partial charge in [-0.3, -0.25) is 15.3 Å². The molecular formula is C9H8N5O4+. The van der Waals surface area contributed by atoms with Gasteiger partial charge in [-0.15, -0.1) is 4.68 Å². The maximum Gasteiger partial charge on any atom is 0.457 e. The van der Waals surface area contributed by atoms with Gasteiger partial charge in [0.1, 0.15) is 5.21 Å². The number of hydroxylamine groups is 1. The van der Waals surface area contributed by atoms with Crippen LogP contribution in [0.1, 0.15) is 0 Å². The average molecular weight is 250 g/mol. The number of carbonyl (C=O) groups is 1. The van der Waals surface area contributed by atoms with Crippen LogP contribution in [0.5, 0.6) is 0 Å². The van der Waals surface area contributed by atoms with E-state index in [0.29, 0.717) is 5.69 Å². The van der Waals surface area contributed by atoms with Crippen molar-refractivity contribution in [2.45, 2.75) is 0 Å². The Hall–Kier alpha value is -2.81. The summed E-state index contributed by atoms with van der Waals surface area (Å²) in [5.74, 6) is 0. The summed E-state index contributed by atoms with van der Waals surface area (Å²) in [6, 6.07) is 4.93. The zero-order valence-corrected chi connectivity index (χ0v) is 8.92. The molecule has 0 fully saturated rings. The quantitative estimate of drug-likeness (QED) is 0.337.